The molecule has 4 nitrogen and oxygen atoms in total. The predicted molar refractivity (Wildman–Crippen MR) is 102 cm³/mol. The summed E-state index contributed by atoms with van der Waals surface area (Å²) < 4.78 is 41.9. The fourth-order valence-electron chi connectivity index (χ4n) is 2.78. The molecule has 3 rings (SSSR count). The van der Waals surface area contributed by atoms with Crippen LogP contribution >= 0.6 is 0 Å². The van der Waals surface area contributed by atoms with E-state index in [1.54, 1.807) is 12.1 Å². The lowest BCUT2D eigenvalue weighted by atomic mass is 10.2. The Morgan fingerprint density at radius 3 is 2.12 bits per heavy atom. The summed E-state index contributed by atoms with van der Waals surface area (Å²) in [6, 6.07) is 12.7. The molecule has 0 bridgehead atoms. The zero-order valence-electron chi connectivity index (χ0n) is 14.9. The van der Waals surface area contributed by atoms with Crippen LogP contribution in [0.25, 0.3) is 0 Å². The molecule has 6 heteroatoms. The Labute approximate surface area is 150 Å². The van der Waals surface area contributed by atoms with E-state index in [9.17, 15) is 12.8 Å². The molecule has 0 aliphatic carbocycles. The fourth-order valence-corrected chi connectivity index (χ4v) is 4.53. The lowest BCUT2D eigenvalue weighted by molar-refractivity contribution is 0.590. The van der Waals surface area contributed by atoms with Crippen molar-refractivity contribution in [2.24, 2.45) is 0 Å². The lowest BCUT2D eigenvalue weighted by Crippen LogP contribution is -2.36. The molecule has 25 heavy (non-hydrogen) atoms. The lowest BCUT2D eigenvalue weighted by Gasteiger charge is -2.21. The summed E-state index contributed by atoms with van der Waals surface area (Å²) in [6.45, 7) is 6.53. The first kappa shape index (κ1) is 19.2. The van der Waals surface area contributed by atoms with Gasteiger partial charge in [-0.25, -0.2) is 8.70 Å². The van der Waals surface area contributed by atoms with Crippen molar-refractivity contribution >= 4 is 27.3 Å². The molecule has 0 fully saturated rings. The van der Waals surface area contributed by atoms with E-state index in [4.69, 9.17) is 0 Å². The Kier molecular flexibility index (Phi) is 6.42. The van der Waals surface area contributed by atoms with Gasteiger partial charge >= 0.3 is 10.2 Å². The van der Waals surface area contributed by atoms with E-state index in [-0.39, 0.29) is 0 Å². The first-order valence-electron chi connectivity index (χ1n) is 8.73. The van der Waals surface area contributed by atoms with Crippen molar-refractivity contribution in [3.8, 4) is 0 Å². The van der Waals surface area contributed by atoms with Crippen LogP contribution in [0.5, 0.6) is 0 Å². The number of unbranched alkanes of at least 4 members (excludes halogenated alkanes) is 2. The zero-order valence-corrected chi connectivity index (χ0v) is 15.8. The highest BCUT2D eigenvalue weighted by Crippen LogP contribution is 2.45. The third kappa shape index (κ3) is 3.79. The number of hydrogen-bond acceptors (Lipinski definition) is 2. The Morgan fingerprint density at radius 1 is 0.920 bits per heavy atom. The second-order valence-electron chi connectivity index (χ2n) is 5.52. The van der Waals surface area contributed by atoms with Crippen LogP contribution in [-0.2, 0) is 10.2 Å². The molecule has 1 heterocycles. The largest absolute Gasteiger partial charge is 0.330 e. The van der Waals surface area contributed by atoms with E-state index in [1.165, 1.54) is 32.9 Å². The molecule has 0 spiro atoms. The van der Waals surface area contributed by atoms with E-state index in [1.807, 2.05) is 26.0 Å². The Bertz CT molecular complexity index is 791. The van der Waals surface area contributed by atoms with Gasteiger partial charge in [-0.1, -0.05) is 45.7 Å². The monoisotopic (exact) mass is 364 g/mol. The molecular weight excluding hydrogens is 339 g/mol. The number of nitrogens with zero attached hydrogens (tertiary/aromatic N) is 2. The van der Waals surface area contributed by atoms with Gasteiger partial charge in [-0.15, -0.1) is 0 Å². The van der Waals surface area contributed by atoms with E-state index in [0.717, 1.165) is 19.3 Å². The topological polar surface area (TPSA) is 40.6 Å². The van der Waals surface area contributed by atoms with Crippen molar-refractivity contribution in [1.29, 1.82) is 0 Å². The van der Waals surface area contributed by atoms with Crippen LogP contribution in [0.1, 0.15) is 40.0 Å². The summed E-state index contributed by atoms with van der Waals surface area (Å²) in [4.78, 5) is 0. The molecule has 2 aromatic carbocycles. The molecule has 2 aromatic rings. The van der Waals surface area contributed by atoms with Crippen LogP contribution in [0.15, 0.2) is 48.5 Å². The highest BCUT2D eigenvalue weighted by Gasteiger charge is 2.40. The van der Waals surface area contributed by atoms with Crippen LogP contribution in [-0.4, -0.2) is 15.0 Å². The van der Waals surface area contributed by atoms with Gasteiger partial charge in [0.25, 0.3) is 0 Å². The molecule has 0 saturated heterocycles. The standard InChI is InChI=1S/C17H19FN2O2S.C2H6/c1-2-3-6-13-19-16-7-4-5-8-17(16)20(23(19,21)22)15-11-9-14(18)10-12-15;1-2/h4-5,7-12H,2-3,6,13H2,1H3;1-2H3. The number of hydrogen-bond donors (Lipinski definition) is 0. The van der Waals surface area contributed by atoms with E-state index in [0.29, 0.717) is 23.6 Å². The van der Waals surface area contributed by atoms with Gasteiger partial charge in [0.15, 0.2) is 0 Å². The first-order chi connectivity index (χ1) is 12.1. The van der Waals surface area contributed by atoms with Gasteiger partial charge in [-0.05, 0) is 42.8 Å². The van der Waals surface area contributed by atoms with Crippen molar-refractivity contribution in [2.75, 3.05) is 15.2 Å². The summed E-state index contributed by atoms with van der Waals surface area (Å²) in [7, 11) is -3.69. The van der Waals surface area contributed by atoms with Gasteiger partial charge in [0.1, 0.15) is 5.82 Å². The van der Waals surface area contributed by atoms with Crippen LogP contribution < -0.4 is 8.61 Å². The summed E-state index contributed by atoms with van der Waals surface area (Å²) >= 11 is 0. The summed E-state index contributed by atoms with van der Waals surface area (Å²) in [6.07, 6.45) is 2.81. The van der Waals surface area contributed by atoms with Gasteiger partial charge in [0.2, 0.25) is 0 Å². The maximum absolute atomic E-state index is 13.2. The van der Waals surface area contributed by atoms with E-state index >= 15 is 0 Å². The highest BCUT2D eigenvalue weighted by molar-refractivity contribution is 7.95. The van der Waals surface area contributed by atoms with Crippen molar-refractivity contribution in [3.63, 3.8) is 0 Å². The van der Waals surface area contributed by atoms with Crippen LogP contribution in [0, 0.1) is 5.82 Å². The number of fused-ring (bicyclic) bond motifs is 1. The molecule has 0 saturated carbocycles. The molecule has 1 aliphatic rings. The molecule has 0 radical (unpaired) electrons. The van der Waals surface area contributed by atoms with Gasteiger partial charge < -0.3 is 0 Å². The highest BCUT2D eigenvalue weighted by atomic mass is 32.2. The number of rotatable bonds is 5. The minimum Gasteiger partial charge on any atom is -0.251 e. The minimum absolute atomic E-state index is 0.390. The smallest absolute Gasteiger partial charge is 0.251 e. The van der Waals surface area contributed by atoms with Gasteiger partial charge in [0.05, 0.1) is 17.1 Å². The molecule has 0 amide bonds. The molecule has 0 aromatic heterocycles. The van der Waals surface area contributed by atoms with Crippen molar-refractivity contribution in [1.82, 2.24) is 0 Å². The number of halogens is 1. The SMILES string of the molecule is CC.CCCCCN1c2ccccc2N(c2ccc(F)cc2)S1(=O)=O. The minimum atomic E-state index is -3.69. The van der Waals surface area contributed by atoms with Gasteiger partial charge in [-0.3, -0.25) is 4.31 Å². The Morgan fingerprint density at radius 2 is 1.52 bits per heavy atom. The van der Waals surface area contributed by atoms with E-state index in [2.05, 4.69) is 6.92 Å². The maximum Gasteiger partial charge on any atom is 0.330 e. The molecule has 0 atom stereocenters. The van der Waals surface area contributed by atoms with E-state index < -0.39 is 16.0 Å². The predicted octanol–water partition coefficient (Wildman–Crippen LogP) is 5.25. The van der Waals surface area contributed by atoms with Gasteiger partial charge in [-0.2, -0.15) is 8.42 Å². The van der Waals surface area contributed by atoms with Crippen LogP contribution in [0.2, 0.25) is 0 Å². The first-order valence-corrected chi connectivity index (χ1v) is 10.1. The average molecular weight is 364 g/mol. The Balaban J connectivity index is 0.00000109. The summed E-state index contributed by atoms with van der Waals surface area (Å²) in [5.41, 5.74) is 1.72. The number of para-hydroxylation sites is 2. The molecular formula is C19H25FN2O2S. The van der Waals surface area contributed by atoms with Gasteiger partial charge in [0, 0.05) is 6.54 Å². The third-order valence-corrected chi connectivity index (χ3v) is 5.71. The van der Waals surface area contributed by atoms with Crippen LogP contribution in [0.3, 0.4) is 0 Å². The average Bonchev–Trinajstić information content (AvgIpc) is 2.85. The third-order valence-electron chi connectivity index (χ3n) is 3.90. The molecule has 0 N–H and O–H groups in total. The number of benzene rings is 2. The maximum atomic E-state index is 13.2. The zero-order chi connectivity index (χ0) is 18.4. The normalized spacial score (nSPS) is 14.7. The number of anilines is 3. The summed E-state index contributed by atoms with van der Waals surface area (Å²) in [5.74, 6) is -0.390. The fraction of sp³-hybridized carbons (Fsp3) is 0.368. The molecule has 1 aliphatic heterocycles. The molecule has 0 unspecified atom stereocenters. The van der Waals surface area contributed by atoms with Crippen LogP contribution in [0.4, 0.5) is 21.5 Å². The van der Waals surface area contributed by atoms with Crippen molar-refractivity contribution in [2.45, 2.75) is 40.0 Å². The molecule has 136 valence electrons. The van der Waals surface area contributed by atoms with Crippen molar-refractivity contribution in [3.05, 3.63) is 54.3 Å². The second kappa shape index (κ2) is 8.34. The summed E-state index contributed by atoms with van der Waals surface area (Å²) in [5, 5.41) is 0. The Hall–Kier alpha value is -2.08. The second-order valence-corrected chi connectivity index (χ2v) is 7.22. The quantitative estimate of drug-likeness (QED) is 0.680. The van der Waals surface area contributed by atoms with Crippen molar-refractivity contribution < 1.29 is 12.8 Å².